The molecule has 0 saturated carbocycles. The van der Waals surface area contributed by atoms with Crippen LogP contribution in [0.2, 0.25) is 0 Å². The lowest BCUT2D eigenvalue weighted by Gasteiger charge is -2.24. The van der Waals surface area contributed by atoms with Gasteiger partial charge in [0.25, 0.3) is 0 Å². The summed E-state index contributed by atoms with van der Waals surface area (Å²) in [6.45, 7) is 0. The van der Waals surface area contributed by atoms with Crippen LogP contribution in [-0.4, -0.2) is 5.11 Å². The van der Waals surface area contributed by atoms with E-state index in [4.69, 9.17) is 0 Å². The molecule has 0 aromatic heterocycles. The first-order chi connectivity index (χ1) is 10.4. The Hall–Kier alpha value is -2.38. The van der Waals surface area contributed by atoms with Crippen LogP contribution in [0.3, 0.4) is 0 Å². The number of aliphatic hydroxyl groups is 1. The van der Waals surface area contributed by atoms with Gasteiger partial charge in [-0.15, -0.1) is 0 Å². The summed E-state index contributed by atoms with van der Waals surface area (Å²) in [5, 5.41) is 10.9. The minimum absolute atomic E-state index is 0.0604. The Balaban J connectivity index is 2.05. The minimum Gasteiger partial charge on any atom is -0.387 e. The molecule has 3 aromatic rings. The van der Waals surface area contributed by atoms with Gasteiger partial charge in [0.15, 0.2) is 0 Å². The fraction of sp³-hybridized carbons (Fsp3) is 0.100. The van der Waals surface area contributed by atoms with E-state index in [1.807, 2.05) is 66.7 Å². The molecule has 0 amide bonds. The molecule has 1 unspecified atom stereocenters. The van der Waals surface area contributed by atoms with Crippen LogP contribution < -0.4 is 0 Å². The molecule has 0 fully saturated rings. The van der Waals surface area contributed by atoms with Crippen molar-refractivity contribution in [3.8, 4) is 0 Å². The SMILES string of the molecule is OC(c1ccccc1)C(c1ccccc1)c1ccccc1. The van der Waals surface area contributed by atoms with Crippen molar-refractivity contribution in [3.05, 3.63) is 108 Å². The van der Waals surface area contributed by atoms with Crippen molar-refractivity contribution in [1.29, 1.82) is 0 Å². The molecule has 0 aliphatic rings. The zero-order chi connectivity index (χ0) is 14.5. The van der Waals surface area contributed by atoms with E-state index in [0.29, 0.717) is 0 Å². The van der Waals surface area contributed by atoms with E-state index < -0.39 is 6.10 Å². The smallest absolute Gasteiger partial charge is 0.0899 e. The van der Waals surface area contributed by atoms with Gasteiger partial charge in [-0.2, -0.15) is 0 Å². The lowest BCUT2D eigenvalue weighted by atomic mass is 9.84. The molecule has 1 nitrogen and oxygen atoms in total. The van der Waals surface area contributed by atoms with Crippen LogP contribution >= 0.6 is 0 Å². The third-order valence-electron chi connectivity index (χ3n) is 3.77. The molecule has 0 bridgehead atoms. The van der Waals surface area contributed by atoms with Gasteiger partial charge >= 0.3 is 0 Å². The molecule has 0 aliphatic heterocycles. The van der Waals surface area contributed by atoms with E-state index in [9.17, 15) is 5.11 Å². The summed E-state index contributed by atoms with van der Waals surface area (Å²) in [6.07, 6.45) is -0.559. The molecule has 0 saturated heterocycles. The number of rotatable bonds is 4. The first-order valence-electron chi connectivity index (χ1n) is 7.19. The van der Waals surface area contributed by atoms with Crippen molar-refractivity contribution in [2.45, 2.75) is 12.0 Å². The second-order valence-electron chi connectivity index (χ2n) is 5.15. The molecule has 3 rings (SSSR count). The molecular formula is C20H18O. The molecular weight excluding hydrogens is 256 g/mol. The molecule has 3 aromatic carbocycles. The second kappa shape index (κ2) is 6.38. The Morgan fingerprint density at radius 1 is 0.476 bits per heavy atom. The maximum atomic E-state index is 10.9. The lowest BCUT2D eigenvalue weighted by Crippen LogP contribution is -2.12. The van der Waals surface area contributed by atoms with Crippen LogP contribution in [0.4, 0.5) is 0 Å². The Morgan fingerprint density at radius 3 is 1.19 bits per heavy atom. The molecule has 104 valence electrons. The topological polar surface area (TPSA) is 20.2 Å². The van der Waals surface area contributed by atoms with Crippen LogP contribution in [0.25, 0.3) is 0 Å². The highest BCUT2D eigenvalue weighted by Crippen LogP contribution is 2.36. The number of hydrogen-bond donors (Lipinski definition) is 1. The van der Waals surface area contributed by atoms with E-state index in [2.05, 4.69) is 24.3 Å². The molecule has 1 atom stereocenters. The Morgan fingerprint density at radius 2 is 0.810 bits per heavy atom. The highest BCUT2D eigenvalue weighted by molar-refractivity contribution is 5.36. The summed E-state index contributed by atoms with van der Waals surface area (Å²) >= 11 is 0. The van der Waals surface area contributed by atoms with E-state index in [1.165, 1.54) is 0 Å². The largest absolute Gasteiger partial charge is 0.387 e. The predicted molar refractivity (Wildman–Crippen MR) is 86.1 cm³/mol. The van der Waals surface area contributed by atoms with Gasteiger partial charge in [0.2, 0.25) is 0 Å². The van der Waals surface area contributed by atoms with Gasteiger partial charge < -0.3 is 5.11 Å². The summed E-state index contributed by atoms with van der Waals surface area (Å²) in [6, 6.07) is 30.2. The van der Waals surface area contributed by atoms with Gasteiger partial charge in [-0.3, -0.25) is 0 Å². The molecule has 0 spiro atoms. The monoisotopic (exact) mass is 274 g/mol. The van der Waals surface area contributed by atoms with Crippen molar-refractivity contribution < 1.29 is 5.11 Å². The average Bonchev–Trinajstić information content (AvgIpc) is 2.58. The standard InChI is InChI=1S/C20H18O/c21-20(18-14-8-3-9-15-18)19(16-10-4-1-5-11-16)17-12-6-2-7-13-17/h1-15,19-21H. The molecule has 1 heteroatoms. The maximum absolute atomic E-state index is 10.9. The van der Waals surface area contributed by atoms with Crippen LogP contribution in [0.15, 0.2) is 91.0 Å². The molecule has 0 heterocycles. The van der Waals surface area contributed by atoms with E-state index >= 15 is 0 Å². The van der Waals surface area contributed by atoms with Crippen LogP contribution in [0, 0.1) is 0 Å². The van der Waals surface area contributed by atoms with Crippen molar-refractivity contribution in [2.75, 3.05) is 0 Å². The first-order valence-corrected chi connectivity index (χ1v) is 7.19. The van der Waals surface area contributed by atoms with Crippen molar-refractivity contribution in [1.82, 2.24) is 0 Å². The summed E-state index contributed by atoms with van der Waals surface area (Å²) in [5.74, 6) is -0.0604. The Labute approximate surface area is 125 Å². The lowest BCUT2D eigenvalue weighted by molar-refractivity contribution is 0.159. The van der Waals surface area contributed by atoms with Gasteiger partial charge in [-0.1, -0.05) is 91.0 Å². The van der Waals surface area contributed by atoms with E-state index in [-0.39, 0.29) is 5.92 Å². The summed E-state index contributed by atoms with van der Waals surface area (Å²) in [5.41, 5.74) is 3.19. The normalized spacial score (nSPS) is 12.3. The second-order valence-corrected chi connectivity index (χ2v) is 5.15. The maximum Gasteiger partial charge on any atom is 0.0899 e. The molecule has 0 aliphatic carbocycles. The quantitative estimate of drug-likeness (QED) is 0.740. The zero-order valence-corrected chi connectivity index (χ0v) is 11.8. The minimum atomic E-state index is -0.559. The predicted octanol–water partition coefficient (Wildman–Crippen LogP) is 4.55. The molecule has 0 radical (unpaired) electrons. The summed E-state index contributed by atoms with van der Waals surface area (Å²) in [4.78, 5) is 0. The molecule has 1 N–H and O–H groups in total. The third kappa shape index (κ3) is 3.04. The van der Waals surface area contributed by atoms with E-state index in [0.717, 1.165) is 16.7 Å². The Kier molecular flexibility index (Phi) is 4.13. The molecule has 21 heavy (non-hydrogen) atoms. The zero-order valence-electron chi connectivity index (χ0n) is 11.8. The fourth-order valence-corrected chi connectivity index (χ4v) is 2.72. The van der Waals surface area contributed by atoms with Gasteiger partial charge in [-0.25, -0.2) is 0 Å². The van der Waals surface area contributed by atoms with Crippen molar-refractivity contribution in [3.63, 3.8) is 0 Å². The number of hydrogen-bond acceptors (Lipinski definition) is 1. The van der Waals surface area contributed by atoms with Gasteiger partial charge in [0.05, 0.1) is 6.10 Å². The van der Waals surface area contributed by atoms with Gasteiger partial charge in [-0.05, 0) is 16.7 Å². The summed E-state index contributed by atoms with van der Waals surface area (Å²) < 4.78 is 0. The summed E-state index contributed by atoms with van der Waals surface area (Å²) in [7, 11) is 0. The van der Waals surface area contributed by atoms with E-state index in [1.54, 1.807) is 0 Å². The Bertz CT molecular complexity index is 622. The van der Waals surface area contributed by atoms with Crippen LogP contribution in [0.1, 0.15) is 28.7 Å². The highest BCUT2D eigenvalue weighted by atomic mass is 16.3. The number of benzene rings is 3. The third-order valence-corrected chi connectivity index (χ3v) is 3.77. The van der Waals surface area contributed by atoms with Crippen LogP contribution in [0.5, 0.6) is 0 Å². The first kappa shape index (κ1) is 13.6. The fourth-order valence-electron chi connectivity index (χ4n) is 2.72. The average molecular weight is 274 g/mol. The number of aliphatic hydroxyl groups excluding tert-OH is 1. The van der Waals surface area contributed by atoms with Crippen LogP contribution in [-0.2, 0) is 0 Å². The van der Waals surface area contributed by atoms with Gasteiger partial charge in [0, 0.05) is 5.92 Å². The van der Waals surface area contributed by atoms with Crippen molar-refractivity contribution >= 4 is 0 Å². The van der Waals surface area contributed by atoms with Crippen molar-refractivity contribution in [2.24, 2.45) is 0 Å². The van der Waals surface area contributed by atoms with Gasteiger partial charge in [0.1, 0.15) is 0 Å². The highest BCUT2D eigenvalue weighted by Gasteiger charge is 2.24.